The number of carboxylic acid groups (broad SMARTS) is 2. The lowest BCUT2D eigenvalue weighted by Gasteiger charge is -2.07. The molecule has 0 aliphatic carbocycles. The van der Waals surface area contributed by atoms with Crippen molar-refractivity contribution in [1.82, 2.24) is 0 Å². The molecule has 0 atom stereocenters. The van der Waals surface area contributed by atoms with Gasteiger partial charge in [0.15, 0.2) is 0 Å². The summed E-state index contributed by atoms with van der Waals surface area (Å²) < 4.78 is 0.778. The Labute approximate surface area is 107 Å². The molecule has 0 unspecified atom stereocenters. The minimum atomic E-state index is -2.33. The number of rotatable bonds is 0. The third kappa shape index (κ3) is 4860. The second-order valence-corrected chi connectivity index (χ2v) is 7.55. The molecule has 0 bridgehead atoms. The van der Waals surface area contributed by atoms with Gasteiger partial charge in [0.25, 0.3) is 0 Å². The molecule has 0 aliphatic rings. The van der Waals surface area contributed by atoms with E-state index in [2.05, 4.69) is 51.3 Å². The Bertz CT molecular complexity index is 126. The van der Waals surface area contributed by atoms with Gasteiger partial charge >= 0.3 is 0 Å². The van der Waals surface area contributed by atoms with Gasteiger partial charge in [0.1, 0.15) is 0 Å². The van der Waals surface area contributed by atoms with Crippen LogP contribution in [-0.4, -0.2) is 40.9 Å². The highest BCUT2D eigenvalue weighted by atomic mass is 32.2. The van der Waals surface area contributed by atoms with E-state index < -0.39 is 6.16 Å². The van der Waals surface area contributed by atoms with Gasteiger partial charge in [0.05, 0.1) is 79.4 Å². The van der Waals surface area contributed by atoms with Gasteiger partial charge < -0.3 is 15.0 Å². The summed E-state index contributed by atoms with van der Waals surface area (Å²) in [6.07, 6.45) is -2.33. The van der Waals surface area contributed by atoms with Crippen LogP contribution in [-0.2, 0) is 0 Å². The Morgan fingerprint density at radius 3 is 0.857 bits per heavy atom. The summed E-state index contributed by atoms with van der Waals surface area (Å²) in [5.74, 6) is 0. The van der Waals surface area contributed by atoms with Gasteiger partial charge in [-0.15, -0.1) is 0 Å². The Kier molecular flexibility index (Phi) is 12.7. The van der Waals surface area contributed by atoms with E-state index in [4.69, 9.17) is 15.0 Å². The van der Waals surface area contributed by atoms with Crippen LogP contribution in [0.4, 0.5) is 4.79 Å². The molecule has 0 saturated carbocycles. The number of thiol groups is 4. The first-order valence-corrected chi connectivity index (χ1v) is 4.80. The first kappa shape index (κ1) is 20.1. The van der Waals surface area contributed by atoms with Crippen LogP contribution in [0.2, 0.25) is 0 Å². The molecular formula is C5H16N2O3S4. The summed E-state index contributed by atoms with van der Waals surface area (Å²) in [6, 6.07) is 0. The molecule has 0 N–H and O–H groups in total. The lowest BCUT2D eigenvalue weighted by atomic mass is 11.3. The molecule has 0 aromatic rings. The molecule has 5 nitrogen and oxygen atoms in total. The van der Waals surface area contributed by atoms with E-state index in [1.165, 1.54) is 0 Å². The fourth-order valence-corrected chi connectivity index (χ4v) is 0. The van der Waals surface area contributed by atoms with Gasteiger partial charge in [-0.05, 0) is 6.16 Å². The van der Waals surface area contributed by atoms with E-state index in [0.717, 1.165) is 0 Å². The lowest BCUT2D eigenvalue weighted by molar-refractivity contribution is -0.583. The van der Waals surface area contributed by atoms with E-state index in [-0.39, 0.29) is 0 Å². The number of carbonyl (C=O) groups is 1. The molecule has 0 amide bonds. The fraction of sp³-hybridized carbons (Fsp3) is 0.800. The van der Waals surface area contributed by atoms with Gasteiger partial charge in [-0.25, -0.2) is 6.59 Å². The average Bonchev–Trinajstić information content (AvgIpc) is 1.45. The number of nitrogens with zero attached hydrogens (tertiary/aromatic N) is 2. The first-order valence-electron chi connectivity index (χ1n) is 3.20. The third-order valence-electron chi connectivity index (χ3n) is 0. The van der Waals surface area contributed by atoms with Crippen LogP contribution >= 0.6 is 51.3 Å². The number of quaternary nitrogens is 2. The molecule has 0 aliphatic heterocycles. The number of carbonyl (C=O) groups excluding carboxylic acids is 1. The normalized spacial score (nSPS) is 10.3. The van der Waals surface area contributed by atoms with Crippen molar-refractivity contribution in [2.24, 2.45) is 0 Å². The maximum atomic E-state index is 8.33. The van der Waals surface area contributed by atoms with Crippen LogP contribution in [0.1, 0.15) is 0 Å². The molecule has 9 heteroatoms. The van der Waals surface area contributed by atoms with Crippen LogP contribution in [0.5, 0.6) is 0 Å². The third-order valence-corrected chi connectivity index (χ3v) is 0. The van der Waals surface area contributed by atoms with Gasteiger partial charge in [0, 0.05) is 0 Å². The van der Waals surface area contributed by atoms with Gasteiger partial charge in [-0.3, -0.25) is 0 Å². The topological polar surface area (TPSA) is 63.2 Å². The first-order chi connectivity index (χ1) is 5.73. The summed E-state index contributed by atoms with van der Waals surface area (Å²) in [5.41, 5.74) is 0. The predicted molar refractivity (Wildman–Crippen MR) is 65.6 cm³/mol. The molecule has 0 saturated heterocycles. The maximum Gasteiger partial charge on any atom is 0.0892 e. The average molecular weight is 280 g/mol. The summed E-state index contributed by atoms with van der Waals surface area (Å²) >= 11 is 15.7. The molecule has 0 fully saturated rings. The highest BCUT2D eigenvalue weighted by Gasteiger charge is 1.95. The number of hydrogen-bond donors (Lipinski definition) is 4. The monoisotopic (exact) mass is 280 g/mol. The lowest BCUT2D eigenvalue weighted by Crippen LogP contribution is -2.37. The van der Waals surface area contributed by atoms with E-state index in [1.807, 2.05) is 28.2 Å². The molecule has 0 spiro atoms. The quantitative estimate of drug-likeness (QED) is 0.342. The van der Waals surface area contributed by atoms with E-state index in [9.17, 15) is 0 Å². The Hall–Kier alpha value is 0.590. The van der Waals surface area contributed by atoms with Gasteiger partial charge in [-0.1, -0.05) is 0 Å². The molecule has 0 aromatic carbocycles. The predicted octanol–water partition coefficient (Wildman–Crippen LogP) is -0.942. The van der Waals surface area contributed by atoms with Crippen molar-refractivity contribution in [3.05, 3.63) is 0 Å². The minimum Gasteiger partial charge on any atom is -0.652 e. The van der Waals surface area contributed by atoms with Crippen molar-refractivity contribution in [2.75, 3.05) is 28.2 Å². The largest absolute Gasteiger partial charge is 0.652 e. The zero-order chi connectivity index (χ0) is 12.6. The SMILES string of the molecule is C[N+](C)(S)S.C[N+](C)(S)S.O=C([O-])[O-]. The highest BCUT2D eigenvalue weighted by molar-refractivity contribution is 7.87. The smallest absolute Gasteiger partial charge is 0.0892 e. The summed E-state index contributed by atoms with van der Waals surface area (Å²) in [6.45, 7) is 0. The van der Waals surface area contributed by atoms with Crippen LogP contribution < -0.4 is 10.2 Å². The molecule has 0 rings (SSSR count). The Balaban J connectivity index is -0.000000131. The molecule has 0 radical (unpaired) electrons. The van der Waals surface area contributed by atoms with E-state index in [1.54, 1.807) is 0 Å². The van der Waals surface area contributed by atoms with Crippen LogP contribution in [0.15, 0.2) is 0 Å². The second kappa shape index (κ2) is 8.86. The van der Waals surface area contributed by atoms with Crippen LogP contribution in [0, 0.1) is 0 Å². The standard InChI is InChI=1S/2C2H8NS2.CH2O3/c2*1-3(2,4)5;2-1(3)4/h2*4-5H,1-2H3;(H2,2,3,4)/q2*+1;/p-2. The zero-order valence-corrected chi connectivity index (χ0v) is 12.0. The zero-order valence-electron chi connectivity index (χ0n) is 8.41. The van der Waals surface area contributed by atoms with Crippen molar-refractivity contribution < 1.29 is 21.6 Å². The molecule has 0 heterocycles. The van der Waals surface area contributed by atoms with E-state index >= 15 is 0 Å². The van der Waals surface area contributed by atoms with Gasteiger partial charge in [0.2, 0.25) is 0 Å². The van der Waals surface area contributed by atoms with Crippen molar-refractivity contribution in [3.63, 3.8) is 0 Å². The van der Waals surface area contributed by atoms with Crippen molar-refractivity contribution >= 4 is 57.4 Å². The summed E-state index contributed by atoms with van der Waals surface area (Å²) in [4.78, 5) is 8.33. The molecular weight excluding hydrogens is 264 g/mol. The fourth-order valence-electron chi connectivity index (χ4n) is 0. The number of hydrogen-bond acceptors (Lipinski definition) is 7. The van der Waals surface area contributed by atoms with Crippen molar-refractivity contribution in [1.29, 1.82) is 0 Å². The van der Waals surface area contributed by atoms with E-state index in [0.29, 0.717) is 6.59 Å². The maximum absolute atomic E-state index is 8.33. The second-order valence-electron chi connectivity index (χ2n) is 2.92. The van der Waals surface area contributed by atoms with Crippen LogP contribution in [0.25, 0.3) is 0 Å². The summed E-state index contributed by atoms with van der Waals surface area (Å²) in [7, 11) is 7.41. The Morgan fingerprint density at radius 2 is 0.857 bits per heavy atom. The summed E-state index contributed by atoms with van der Waals surface area (Å²) in [5, 5.41) is 16.7. The highest BCUT2D eigenvalue weighted by Crippen LogP contribution is 2.03. The Morgan fingerprint density at radius 1 is 0.857 bits per heavy atom. The molecule has 14 heavy (non-hydrogen) atoms. The minimum absolute atomic E-state index is 0.389. The van der Waals surface area contributed by atoms with Crippen molar-refractivity contribution in [2.45, 2.75) is 0 Å². The molecule has 88 valence electrons. The van der Waals surface area contributed by atoms with Gasteiger partial charge in [-0.2, -0.15) is 0 Å². The van der Waals surface area contributed by atoms with Crippen LogP contribution in [0.3, 0.4) is 0 Å². The molecule has 0 aromatic heterocycles. The van der Waals surface area contributed by atoms with Crippen molar-refractivity contribution in [3.8, 4) is 0 Å².